The van der Waals surface area contributed by atoms with Gasteiger partial charge in [0.2, 0.25) is 0 Å². The minimum atomic E-state index is -6.54. The van der Waals surface area contributed by atoms with Crippen molar-refractivity contribution in [2.45, 2.75) is 28.7 Å². The van der Waals surface area contributed by atoms with Gasteiger partial charge in [-0.3, -0.25) is 0 Å². The fourth-order valence-corrected chi connectivity index (χ4v) is 4.06. The van der Waals surface area contributed by atoms with Crippen molar-refractivity contribution in [1.29, 1.82) is 0 Å². The van der Waals surface area contributed by atoms with Crippen LogP contribution in [0.2, 0.25) is 0 Å². The van der Waals surface area contributed by atoms with Gasteiger partial charge in [0, 0.05) is 4.90 Å². The third kappa shape index (κ3) is 5.36. The molecular formula is C10H6F8KNO4S2. The maximum Gasteiger partial charge on any atom is 1.00 e. The van der Waals surface area contributed by atoms with Crippen LogP contribution in [-0.2, 0) is 20.0 Å². The van der Waals surface area contributed by atoms with E-state index in [1.807, 2.05) is 0 Å². The van der Waals surface area contributed by atoms with E-state index >= 15 is 0 Å². The molecule has 0 aromatic heterocycles. The fourth-order valence-electron chi connectivity index (χ4n) is 1.31. The minimum Gasteiger partial charge on any atom is -0.429 e. The summed E-state index contributed by atoms with van der Waals surface area (Å²) in [5, 5.41) is 0. The van der Waals surface area contributed by atoms with Gasteiger partial charge in [0.05, 0.1) is 0 Å². The van der Waals surface area contributed by atoms with Gasteiger partial charge >= 0.3 is 69.7 Å². The SMILES string of the molecule is O=S(=O)([N-]S(=O)(=O)C(F)C(F)(F)C(F)(F)C(F)F)c1ccc(F)cc1.[K+]. The summed E-state index contributed by atoms with van der Waals surface area (Å²) in [6.45, 7) is 0. The van der Waals surface area contributed by atoms with E-state index < -0.39 is 54.5 Å². The van der Waals surface area contributed by atoms with Gasteiger partial charge in [-0.2, -0.15) is 17.6 Å². The van der Waals surface area contributed by atoms with Crippen LogP contribution in [0, 0.1) is 5.82 Å². The Morgan fingerprint density at radius 2 is 1.27 bits per heavy atom. The van der Waals surface area contributed by atoms with Crippen LogP contribution in [0.3, 0.4) is 0 Å². The maximum absolute atomic E-state index is 13.4. The van der Waals surface area contributed by atoms with Crippen LogP contribution in [-0.4, -0.2) is 40.6 Å². The Balaban J connectivity index is 0.00000625. The largest absolute Gasteiger partial charge is 1.00 e. The van der Waals surface area contributed by atoms with Gasteiger partial charge in [0.1, 0.15) is 25.9 Å². The maximum atomic E-state index is 13.4. The number of nitrogens with zero attached hydrogens (tertiary/aromatic N) is 1. The van der Waals surface area contributed by atoms with E-state index in [1.165, 1.54) is 0 Å². The topological polar surface area (TPSA) is 82.4 Å². The van der Waals surface area contributed by atoms with Crippen LogP contribution in [0.15, 0.2) is 29.2 Å². The van der Waals surface area contributed by atoms with Gasteiger partial charge in [0.15, 0.2) is 0 Å². The first-order chi connectivity index (χ1) is 11.1. The van der Waals surface area contributed by atoms with Crippen molar-refractivity contribution < 1.29 is 103 Å². The van der Waals surface area contributed by atoms with Crippen molar-refractivity contribution in [3.05, 3.63) is 34.2 Å². The van der Waals surface area contributed by atoms with Gasteiger partial charge in [0.25, 0.3) is 5.50 Å². The number of hydrogen-bond donors (Lipinski definition) is 0. The molecule has 0 saturated heterocycles. The summed E-state index contributed by atoms with van der Waals surface area (Å²) in [4.78, 5) is -1.10. The quantitative estimate of drug-likeness (QED) is 0.427. The van der Waals surface area contributed by atoms with Crippen molar-refractivity contribution in [2.24, 2.45) is 0 Å². The molecule has 0 amide bonds. The van der Waals surface area contributed by atoms with E-state index in [0.717, 1.165) is 0 Å². The number of rotatable bonds is 7. The fraction of sp³-hybridized carbons (Fsp3) is 0.400. The number of sulfonamides is 2. The first-order valence-electron chi connectivity index (χ1n) is 5.72. The molecule has 1 aromatic rings. The van der Waals surface area contributed by atoms with Crippen LogP contribution in [0.1, 0.15) is 0 Å². The van der Waals surface area contributed by atoms with Crippen molar-refractivity contribution in [1.82, 2.24) is 0 Å². The molecule has 0 aliphatic carbocycles. The average Bonchev–Trinajstić information content (AvgIpc) is 2.45. The molecule has 0 N–H and O–H groups in total. The zero-order valence-corrected chi connectivity index (χ0v) is 17.1. The zero-order valence-electron chi connectivity index (χ0n) is 12.4. The molecule has 1 unspecified atom stereocenters. The van der Waals surface area contributed by atoms with Gasteiger partial charge in [-0.15, -0.1) is 0 Å². The Bertz CT molecular complexity index is 829. The smallest absolute Gasteiger partial charge is 0.429 e. The van der Waals surface area contributed by atoms with Crippen LogP contribution < -0.4 is 51.4 Å². The van der Waals surface area contributed by atoms with Crippen LogP contribution in [0.25, 0.3) is 4.13 Å². The molecule has 0 aliphatic heterocycles. The summed E-state index contributed by atoms with van der Waals surface area (Å²) in [7, 11) is -12.0. The van der Waals surface area contributed by atoms with E-state index in [9.17, 15) is 52.0 Å². The number of benzene rings is 1. The molecule has 0 fully saturated rings. The standard InChI is InChI=1S/C10H6F8NO4S2.K/c11-5-1-3-6(4-2-5)24(20,21)19-25(22,23)8(14)10(17,18)9(15,16)7(12)13;/h1-4,7-8H;/q-1;+1. The normalized spacial score (nSPS) is 14.8. The van der Waals surface area contributed by atoms with Crippen molar-refractivity contribution in [2.75, 3.05) is 0 Å². The van der Waals surface area contributed by atoms with Crippen molar-refractivity contribution in [3.8, 4) is 0 Å². The van der Waals surface area contributed by atoms with E-state index in [4.69, 9.17) is 0 Å². The Hall–Kier alpha value is 0.156. The van der Waals surface area contributed by atoms with Gasteiger partial charge in [-0.1, -0.05) is 0 Å². The molecule has 1 aromatic carbocycles. The number of hydrogen-bond acceptors (Lipinski definition) is 4. The van der Waals surface area contributed by atoms with E-state index in [-0.39, 0.29) is 51.4 Å². The van der Waals surface area contributed by atoms with Crippen molar-refractivity contribution in [3.63, 3.8) is 0 Å². The molecule has 0 aliphatic rings. The van der Waals surface area contributed by atoms with Crippen LogP contribution in [0.4, 0.5) is 35.1 Å². The van der Waals surface area contributed by atoms with E-state index in [0.29, 0.717) is 24.3 Å². The molecule has 0 bridgehead atoms. The van der Waals surface area contributed by atoms with Gasteiger partial charge < -0.3 is 4.13 Å². The average molecular weight is 459 g/mol. The Kier molecular flexibility index (Phi) is 8.72. The Morgan fingerprint density at radius 3 is 1.65 bits per heavy atom. The zero-order chi connectivity index (χ0) is 19.8. The second-order valence-corrected chi connectivity index (χ2v) is 7.84. The van der Waals surface area contributed by atoms with Gasteiger partial charge in [-0.05, 0) is 24.3 Å². The molecule has 26 heavy (non-hydrogen) atoms. The Morgan fingerprint density at radius 1 is 0.846 bits per heavy atom. The van der Waals surface area contributed by atoms with Crippen LogP contribution in [0.5, 0.6) is 0 Å². The summed E-state index contributed by atoms with van der Waals surface area (Å²) in [6.07, 6.45) is -5.15. The molecule has 144 valence electrons. The first-order valence-corrected chi connectivity index (χ1v) is 8.66. The molecule has 0 spiro atoms. The van der Waals surface area contributed by atoms with E-state index in [1.54, 1.807) is 4.13 Å². The monoisotopic (exact) mass is 459 g/mol. The van der Waals surface area contributed by atoms with Crippen molar-refractivity contribution >= 4 is 20.0 Å². The third-order valence-corrected chi connectivity index (χ3v) is 5.88. The second kappa shape index (κ2) is 8.67. The summed E-state index contributed by atoms with van der Waals surface area (Å²) < 4.78 is 149. The molecule has 16 heteroatoms. The molecule has 0 saturated carbocycles. The minimum absolute atomic E-state index is 0. The molecule has 1 atom stereocenters. The van der Waals surface area contributed by atoms with Gasteiger partial charge in [-0.25, -0.2) is 34.4 Å². The third-order valence-electron chi connectivity index (χ3n) is 2.58. The summed E-state index contributed by atoms with van der Waals surface area (Å²) in [6, 6.07) is 1.81. The molecule has 1 rings (SSSR count). The molecule has 0 radical (unpaired) electrons. The summed E-state index contributed by atoms with van der Waals surface area (Å²) >= 11 is 0. The predicted molar refractivity (Wildman–Crippen MR) is 66.7 cm³/mol. The second-order valence-electron chi connectivity index (χ2n) is 4.38. The summed E-state index contributed by atoms with van der Waals surface area (Å²) in [5.41, 5.74) is -5.08. The Labute approximate surface area is 184 Å². The predicted octanol–water partition coefficient (Wildman–Crippen LogP) is 0.0532. The molecule has 0 heterocycles. The molecule has 5 nitrogen and oxygen atoms in total. The van der Waals surface area contributed by atoms with Crippen LogP contribution >= 0.6 is 0 Å². The molecular weight excluding hydrogens is 453 g/mol. The number of halogens is 8. The first kappa shape index (κ1) is 26.2. The number of alkyl halides is 7. The van der Waals surface area contributed by atoms with E-state index in [2.05, 4.69) is 0 Å². The summed E-state index contributed by atoms with van der Waals surface area (Å²) in [5.74, 6) is -13.9.